The zero-order valence-electron chi connectivity index (χ0n) is 8.16. The van der Waals surface area contributed by atoms with Crippen LogP contribution in [-0.2, 0) is 10.1 Å². The Labute approximate surface area is 106 Å². The van der Waals surface area contributed by atoms with Crippen LogP contribution in [0.5, 0.6) is 0 Å². The second kappa shape index (κ2) is 4.53. The normalized spacial score (nSPS) is 12.1. The molecule has 0 bridgehead atoms. The van der Waals surface area contributed by atoms with Crippen molar-refractivity contribution in [2.75, 3.05) is 0 Å². The molecule has 1 rings (SSSR count). The second-order valence-electron chi connectivity index (χ2n) is 3.43. The summed E-state index contributed by atoms with van der Waals surface area (Å²) in [5.41, 5.74) is 0.974. The average molecular weight is 358 g/mol. The lowest BCUT2D eigenvalue weighted by atomic mass is 10.0. The quantitative estimate of drug-likeness (QED) is 0.823. The van der Waals surface area contributed by atoms with Crippen LogP contribution in [0.4, 0.5) is 0 Å². The Morgan fingerprint density at radius 1 is 1.20 bits per heavy atom. The van der Waals surface area contributed by atoms with Crippen molar-refractivity contribution in [1.29, 1.82) is 0 Å². The summed E-state index contributed by atoms with van der Waals surface area (Å²) in [5, 5.41) is 0. The standard InChI is InChI=1S/C9H10Br2O3S/c1-5(2)9-7(10)3-6(4-8(9)11)15(12,13)14/h3-5H,1-2H3,(H,12,13,14). The molecule has 0 aliphatic heterocycles. The highest BCUT2D eigenvalue weighted by Crippen LogP contribution is 2.34. The van der Waals surface area contributed by atoms with Gasteiger partial charge >= 0.3 is 0 Å². The van der Waals surface area contributed by atoms with Gasteiger partial charge in [-0.1, -0.05) is 45.7 Å². The third-order valence-corrected chi connectivity index (χ3v) is 4.07. The molecule has 0 atom stereocenters. The minimum atomic E-state index is -4.15. The zero-order valence-corrected chi connectivity index (χ0v) is 12.1. The van der Waals surface area contributed by atoms with Gasteiger partial charge in [-0.3, -0.25) is 4.55 Å². The molecule has 0 fully saturated rings. The van der Waals surface area contributed by atoms with Crippen molar-refractivity contribution in [1.82, 2.24) is 0 Å². The summed E-state index contributed by atoms with van der Waals surface area (Å²) < 4.78 is 32.1. The molecule has 0 aromatic heterocycles. The average Bonchev–Trinajstić information content (AvgIpc) is 1.99. The predicted octanol–water partition coefficient (Wildman–Crippen LogP) is 3.58. The molecule has 0 heterocycles. The predicted molar refractivity (Wildman–Crippen MR) is 65.7 cm³/mol. The van der Waals surface area contributed by atoms with Crippen molar-refractivity contribution in [2.24, 2.45) is 0 Å². The zero-order chi connectivity index (χ0) is 11.8. The Balaban J connectivity index is 3.45. The molecule has 84 valence electrons. The maximum absolute atomic E-state index is 10.9. The summed E-state index contributed by atoms with van der Waals surface area (Å²) >= 11 is 6.57. The highest BCUT2D eigenvalue weighted by molar-refractivity contribution is 9.11. The molecule has 0 aliphatic rings. The minimum Gasteiger partial charge on any atom is -0.282 e. The first-order chi connectivity index (χ1) is 6.73. The van der Waals surface area contributed by atoms with Crippen molar-refractivity contribution in [2.45, 2.75) is 24.7 Å². The Bertz CT molecular complexity index is 457. The van der Waals surface area contributed by atoms with E-state index in [0.29, 0.717) is 8.95 Å². The summed E-state index contributed by atoms with van der Waals surface area (Å²) in [4.78, 5) is -0.120. The minimum absolute atomic E-state index is 0.120. The van der Waals surface area contributed by atoms with Gasteiger partial charge in [-0.15, -0.1) is 0 Å². The third-order valence-electron chi connectivity index (χ3n) is 1.93. The van der Waals surface area contributed by atoms with Gasteiger partial charge < -0.3 is 0 Å². The van der Waals surface area contributed by atoms with E-state index in [-0.39, 0.29) is 10.8 Å². The number of hydrogen-bond acceptors (Lipinski definition) is 2. The Morgan fingerprint density at radius 2 is 1.60 bits per heavy atom. The fourth-order valence-electron chi connectivity index (χ4n) is 1.26. The molecule has 15 heavy (non-hydrogen) atoms. The van der Waals surface area contributed by atoms with Crippen LogP contribution in [-0.4, -0.2) is 13.0 Å². The summed E-state index contributed by atoms with van der Waals surface area (Å²) in [6.07, 6.45) is 0. The maximum Gasteiger partial charge on any atom is 0.294 e. The number of rotatable bonds is 2. The Kier molecular flexibility index (Phi) is 3.97. The fraction of sp³-hybridized carbons (Fsp3) is 0.333. The van der Waals surface area contributed by atoms with Gasteiger partial charge in [0.1, 0.15) is 0 Å². The van der Waals surface area contributed by atoms with Crippen molar-refractivity contribution < 1.29 is 13.0 Å². The molecule has 3 nitrogen and oxygen atoms in total. The number of benzene rings is 1. The largest absolute Gasteiger partial charge is 0.294 e. The van der Waals surface area contributed by atoms with Gasteiger partial charge in [0.05, 0.1) is 4.90 Å². The fourth-order valence-corrected chi connectivity index (χ4v) is 4.20. The lowest BCUT2D eigenvalue weighted by Gasteiger charge is -2.12. The summed E-state index contributed by atoms with van der Waals surface area (Å²) in [7, 11) is -4.15. The van der Waals surface area contributed by atoms with Gasteiger partial charge in [0, 0.05) is 8.95 Å². The molecule has 1 aromatic carbocycles. The molecular weight excluding hydrogens is 348 g/mol. The van der Waals surface area contributed by atoms with E-state index in [0.717, 1.165) is 5.56 Å². The van der Waals surface area contributed by atoms with Crippen LogP contribution in [0.3, 0.4) is 0 Å². The molecule has 0 unspecified atom stereocenters. The first-order valence-electron chi connectivity index (χ1n) is 4.20. The van der Waals surface area contributed by atoms with E-state index in [4.69, 9.17) is 4.55 Å². The van der Waals surface area contributed by atoms with E-state index in [1.54, 1.807) is 0 Å². The highest BCUT2D eigenvalue weighted by atomic mass is 79.9. The first-order valence-corrected chi connectivity index (χ1v) is 7.22. The van der Waals surface area contributed by atoms with Gasteiger partial charge in [-0.2, -0.15) is 8.42 Å². The highest BCUT2D eigenvalue weighted by Gasteiger charge is 2.16. The van der Waals surface area contributed by atoms with Crippen molar-refractivity contribution in [3.63, 3.8) is 0 Å². The van der Waals surface area contributed by atoms with Crippen LogP contribution in [0, 0.1) is 0 Å². The van der Waals surface area contributed by atoms with E-state index in [1.165, 1.54) is 12.1 Å². The third kappa shape index (κ3) is 3.03. The van der Waals surface area contributed by atoms with E-state index in [9.17, 15) is 8.42 Å². The van der Waals surface area contributed by atoms with Gasteiger partial charge in [0.25, 0.3) is 10.1 Å². The SMILES string of the molecule is CC(C)c1c(Br)cc(S(=O)(=O)O)cc1Br. The Morgan fingerprint density at radius 3 is 1.87 bits per heavy atom. The molecule has 1 aromatic rings. The van der Waals surface area contributed by atoms with Crippen LogP contribution in [0.2, 0.25) is 0 Å². The second-order valence-corrected chi connectivity index (χ2v) is 6.56. The number of hydrogen-bond donors (Lipinski definition) is 1. The molecule has 1 N–H and O–H groups in total. The number of halogens is 2. The van der Waals surface area contributed by atoms with Crippen molar-refractivity contribution in [3.05, 3.63) is 26.6 Å². The lowest BCUT2D eigenvalue weighted by Crippen LogP contribution is -2.00. The topological polar surface area (TPSA) is 54.4 Å². The molecule has 6 heteroatoms. The van der Waals surface area contributed by atoms with Gasteiger partial charge in [-0.25, -0.2) is 0 Å². The molecule has 0 amide bonds. The van der Waals surface area contributed by atoms with Gasteiger partial charge in [-0.05, 0) is 23.6 Å². The molecular formula is C9H10Br2O3S. The van der Waals surface area contributed by atoms with Crippen LogP contribution in [0.15, 0.2) is 26.0 Å². The summed E-state index contributed by atoms with van der Waals surface area (Å²) in [6, 6.07) is 2.80. The van der Waals surface area contributed by atoms with Crippen LogP contribution in [0.25, 0.3) is 0 Å². The maximum atomic E-state index is 10.9. The summed E-state index contributed by atoms with van der Waals surface area (Å²) in [5.74, 6) is 0.254. The molecule has 0 saturated heterocycles. The first kappa shape index (κ1) is 13.2. The van der Waals surface area contributed by atoms with E-state index >= 15 is 0 Å². The van der Waals surface area contributed by atoms with E-state index in [2.05, 4.69) is 31.9 Å². The van der Waals surface area contributed by atoms with Crippen LogP contribution in [0.1, 0.15) is 25.3 Å². The van der Waals surface area contributed by atoms with E-state index < -0.39 is 10.1 Å². The lowest BCUT2D eigenvalue weighted by molar-refractivity contribution is 0.483. The monoisotopic (exact) mass is 356 g/mol. The van der Waals surface area contributed by atoms with Crippen LogP contribution >= 0.6 is 31.9 Å². The summed E-state index contributed by atoms with van der Waals surface area (Å²) in [6.45, 7) is 4.00. The van der Waals surface area contributed by atoms with Crippen molar-refractivity contribution >= 4 is 42.0 Å². The molecule has 0 spiro atoms. The van der Waals surface area contributed by atoms with Crippen LogP contribution < -0.4 is 0 Å². The molecule has 0 aliphatic carbocycles. The van der Waals surface area contributed by atoms with E-state index in [1.807, 2.05) is 13.8 Å². The van der Waals surface area contributed by atoms with Gasteiger partial charge in [0.15, 0.2) is 0 Å². The molecule has 0 radical (unpaired) electrons. The Hall–Kier alpha value is 0.0900. The van der Waals surface area contributed by atoms with Gasteiger partial charge in [0.2, 0.25) is 0 Å². The van der Waals surface area contributed by atoms with Crippen molar-refractivity contribution in [3.8, 4) is 0 Å². The smallest absolute Gasteiger partial charge is 0.282 e. The molecule has 0 saturated carbocycles.